The van der Waals surface area contributed by atoms with Crippen LogP contribution >= 0.6 is 11.8 Å². The van der Waals surface area contributed by atoms with E-state index in [9.17, 15) is 9.18 Å². The third-order valence-electron chi connectivity index (χ3n) is 4.57. The van der Waals surface area contributed by atoms with Gasteiger partial charge in [-0.3, -0.25) is 9.36 Å². The van der Waals surface area contributed by atoms with Crippen molar-refractivity contribution in [1.82, 2.24) is 19.7 Å². The summed E-state index contributed by atoms with van der Waals surface area (Å²) in [6.07, 6.45) is 1.72. The van der Waals surface area contributed by atoms with Crippen LogP contribution in [0.1, 0.15) is 18.3 Å². The Kier molecular flexibility index (Phi) is 7.83. The van der Waals surface area contributed by atoms with Gasteiger partial charge in [0.25, 0.3) is 0 Å². The van der Waals surface area contributed by atoms with Crippen LogP contribution in [0.15, 0.2) is 72.4 Å². The molecule has 6 nitrogen and oxygen atoms in total. The van der Waals surface area contributed by atoms with Gasteiger partial charge in [0, 0.05) is 20.1 Å². The lowest BCUT2D eigenvalue weighted by Crippen LogP contribution is -2.33. The number of nitrogens with zero attached hydrogens (tertiary/aromatic N) is 4. The molecule has 1 amide bonds. The maximum atomic E-state index is 13.8. The van der Waals surface area contributed by atoms with Gasteiger partial charge in [0.15, 0.2) is 22.5 Å². The maximum Gasteiger partial charge on any atom is 0.235 e. The number of allylic oxidation sites excluding steroid dienone is 1. The Morgan fingerprint density at radius 3 is 2.65 bits per heavy atom. The van der Waals surface area contributed by atoms with Crippen LogP contribution in [-0.4, -0.2) is 37.9 Å². The summed E-state index contributed by atoms with van der Waals surface area (Å²) < 4.78 is 21.2. The molecule has 3 aromatic rings. The Hall–Kier alpha value is -3.13. The Labute approximate surface area is 185 Å². The van der Waals surface area contributed by atoms with E-state index in [-0.39, 0.29) is 23.5 Å². The second-order valence-electron chi connectivity index (χ2n) is 6.96. The van der Waals surface area contributed by atoms with Crippen molar-refractivity contribution in [2.24, 2.45) is 0 Å². The van der Waals surface area contributed by atoms with Gasteiger partial charge in [-0.25, -0.2) is 4.39 Å². The summed E-state index contributed by atoms with van der Waals surface area (Å²) in [5.41, 5.74) is 1.07. The van der Waals surface area contributed by atoms with Crippen molar-refractivity contribution in [3.05, 3.63) is 84.5 Å². The molecule has 0 N–H and O–H groups in total. The van der Waals surface area contributed by atoms with Gasteiger partial charge in [-0.2, -0.15) is 0 Å². The normalized spacial score (nSPS) is 11.7. The SMILES string of the molecule is C=CCn1c(COc2ccccc2F)nnc1SC(C)C(=O)N(C)Cc1ccccc1. The highest BCUT2D eigenvalue weighted by Crippen LogP contribution is 2.25. The fourth-order valence-corrected chi connectivity index (χ4v) is 3.98. The molecule has 0 radical (unpaired) electrons. The summed E-state index contributed by atoms with van der Waals surface area (Å²) >= 11 is 1.32. The number of halogens is 1. The highest BCUT2D eigenvalue weighted by Gasteiger charge is 2.23. The molecule has 3 rings (SSSR count). The number of benzene rings is 2. The zero-order valence-corrected chi connectivity index (χ0v) is 18.4. The molecule has 0 saturated carbocycles. The first-order valence-corrected chi connectivity index (χ1v) is 10.7. The van der Waals surface area contributed by atoms with E-state index in [1.165, 1.54) is 17.8 Å². The van der Waals surface area contributed by atoms with E-state index < -0.39 is 5.82 Å². The standard InChI is InChI=1S/C23H25FN4O2S/c1-4-14-28-21(16-30-20-13-9-8-12-19(20)24)25-26-23(28)31-17(2)22(29)27(3)15-18-10-6-5-7-11-18/h4-13,17H,1,14-16H2,2-3H3. The molecule has 1 aromatic heterocycles. The molecule has 31 heavy (non-hydrogen) atoms. The van der Waals surface area contributed by atoms with Gasteiger partial charge < -0.3 is 9.64 Å². The van der Waals surface area contributed by atoms with E-state index in [4.69, 9.17) is 4.74 Å². The number of aromatic nitrogens is 3. The van der Waals surface area contributed by atoms with Crippen molar-refractivity contribution >= 4 is 17.7 Å². The smallest absolute Gasteiger partial charge is 0.235 e. The Morgan fingerprint density at radius 1 is 1.23 bits per heavy atom. The number of thioether (sulfide) groups is 1. The van der Waals surface area contributed by atoms with Crippen molar-refractivity contribution in [2.75, 3.05) is 7.05 Å². The van der Waals surface area contributed by atoms with E-state index in [2.05, 4.69) is 16.8 Å². The summed E-state index contributed by atoms with van der Waals surface area (Å²) in [5, 5.41) is 8.62. The molecular formula is C23H25FN4O2S. The lowest BCUT2D eigenvalue weighted by atomic mass is 10.2. The van der Waals surface area contributed by atoms with Crippen molar-refractivity contribution in [2.45, 2.75) is 37.0 Å². The van der Waals surface area contributed by atoms with E-state index in [0.29, 0.717) is 24.1 Å². The van der Waals surface area contributed by atoms with Crippen molar-refractivity contribution in [1.29, 1.82) is 0 Å². The lowest BCUT2D eigenvalue weighted by molar-refractivity contribution is -0.129. The topological polar surface area (TPSA) is 60.2 Å². The molecule has 0 aliphatic heterocycles. The van der Waals surface area contributed by atoms with Crippen molar-refractivity contribution in [3.63, 3.8) is 0 Å². The molecule has 8 heteroatoms. The summed E-state index contributed by atoms with van der Waals surface area (Å²) in [5.74, 6) is 0.234. The monoisotopic (exact) mass is 440 g/mol. The first-order chi connectivity index (χ1) is 15.0. The minimum atomic E-state index is -0.437. The molecule has 0 spiro atoms. The number of para-hydroxylation sites is 1. The number of hydrogen-bond donors (Lipinski definition) is 0. The fourth-order valence-electron chi connectivity index (χ4n) is 2.98. The van der Waals surface area contributed by atoms with Crippen LogP contribution in [0.25, 0.3) is 0 Å². The van der Waals surface area contributed by atoms with E-state index in [0.717, 1.165) is 5.56 Å². The quantitative estimate of drug-likeness (QED) is 0.347. The molecule has 1 atom stereocenters. The number of amides is 1. The second-order valence-corrected chi connectivity index (χ2v) is 8.27. The maximum absolute atomic E-state index is 13.8. The van der Waals surface area contributed by atoms with E-state index in [1.54, 1.807) is 36.2 Å². The van der Waals surface area contributed by atoms with E-state index in [1.807, 2.05) is 41.8 Å². The molecule has 0 aliphatic carbocycles. The molecule has 162 valence electrons. The molecule has 0 fully saturated rings. The lowest BCUT2D eigenvalue weighted by Gasteiger charge is -2.21. The first kappa shape index (κ1) is 22.6. The number of hydrogen-bond acceptors (Lipinski definition) is 5. The molecule has 0 saturated heterocycles. The highest BCUT2D eigenvalue weighted by molar-refractivity contribution is 8.00. The molecule has 2 aromatic carbocycles. The summed E-state index contributed by atoms with van der Waals surface area (Å²) in [7, 11) is 1.79. The van der Waals surface area contributed by atoms with Crippen LogP contribution < -0.4 is 4.74 Å². The minimum absolute atomic E-state index is 0.00818. The third-order valence-corrected chi connectivity index (χ3v) is 5.64. The van der Waals surface area contributed by atoms with Gasteiger partial charge >= 0.3 is 0 Å². The van der Waals surface area contributed by atoms with Gasteiger partial charge in [-0.15, -0.1) is 16.8 Å². The number of rotatable bonds is 10. The van der Waals surface area contributed by atoms with Crippen molar-refractivity contribution in [3.8, 4) is 5.75 Å². The van der Waals surface area contributed by atoms with Crippen LogP contribution in [0.4, 0.5) is 4.39 Å². The Bertz CT molecular complexity index is 1030. The van der Waals surface area contributed by atoms with Crippen LogP contribution in [-0.2, 0) is 24.5 Å². The predicted octanol–water partition coefficient (Wildman–Crippen LogP) is 4.32. The number of ether oxygens (including phenoxy) is 1. The van der Waals surface area contributed by atoms with Crippen molar-refractivity contribution < 1.29 is 13.9 Å². The van der Waals surface area contributed by atoms with Crippen LogP contribution in [0.2, 0.25) is 0 Å². The van der Waals surface area contributed by atoms with Gasteiger partial charge in [0.05, 0.1) is 5.25 Å². The largest absolute Gasteiger partial charge is 0.483 e. The second kappa shape index (κ2) is 10.8. The summed E-state index contributed by atoms with van der Waals surface area (Å²) in [6, 6.07) is 16.0. The predicted molar refractivity (Wildman–Crippen MR) is 119 cm³/mol. The highest BCUT2D eigenvalue weighted by atomic mass is 32.2. The average Bonchev–Trinajstić information content (AvgIpc) is 3.14. The van der Waals surface area contributed by atoms with Gasteiger partial charge in [0.1, 0.15) is 6.61 Å². The first-order valence-electron chi connectivity index (χ1n) is 9.85. The minimum Gasteiger partial charge on any atom is -0.483 e. The fraction of sp³-hybridized carbons (Fsp3) is 0.261. The van der Waals surface area contributed by atoms with E-state index >= 15 is 0 Å². The number of carbonyl (C=O) groups is 1. The molecule has 0 aliphatic rings. The average molecular weight is 441 g/mol. The zero-order valence-electron chi connectivity index (χ0n) is 17.6. The van der Waals surface area contributed by atoms with Crippen LogP contribution in [0.3, 0.4) is 0 Å². The van der Waals surface area contributed by atoms with Gasteiger partial charge in [0.2, 0.25) is 5.91 Å². The van der Waals surface area contributed by atoms with Gasteiger partial charge in [-0.05, 0) is 24.6 Å². The third kappa shape index (κ3) is 5.95. The molecule has 1 heterocycles. The summed E-state index contributed by atoms with van der Waals surface area (Å²) in [4.78, 5) is 14.5. The molecule has 0 bridgehead atoms. The molecule has 1 unspecified atom stereocenters. The van der Waals surface area contributed by atoms with Gasteiger partial charge in [-0.1, -0.05) is 60.3 Å². The molecular weight excluding hydrogens is 415 g/mol. The summed E-state index contributed by atoms with van der Waals surface area (Å²) in [6.45, 7) is 6.66. The van der Waals surface area contributed by atoms with Crippen LogP contribution in [0.5, 0.6) is 5.75 Å². The Morgan fingerprint density at radius 2 is 1.94 bits per heavy atom. The number of carbonyl (C=O) groups excluding carboxylic acids is 1. The Balaban J connectivity index is 1.66. The zero-order chi connectivity index (χ0) is 22.2. The van der Waals surface area contributed by atoms with Crippen LogP contribution in [0, 0.1) is 5.82 Å².